The van der Waals surface area contributed by atoms with Gasteiger partial charge >= 0.3 is 0 Å². The Morgan fingerprint density at radius 1 is 1.42 bits per heavy atom. The van der Waals surface area contributed by atoms with Gasteiger partial charge in [-0.25, -0.2) is 0 Å². The van der Waals surface area contributed by atoms with Crippen molar-refractivity contribution in [2.75, 3.05) is 13.6 Å². The van der Waals surface area contributed by atoms with Gasteiger partial charge in [0.25, 0.3) is 0 Å². The molecule has 0 radical (unpaired) electrons. The fourth-order valence-electron chi connectivity index (χ4n) is 0.813. The molecule has 0 rings (SSSR count). The zero-order valence-corrected chi connectivity index (χ0v) is 9.14. The van der Waals surface area contributed by atoms with Crippen molar-refractivity contribution in [2.24, 2.45) is 11.3 Å². The molecule has 2 nitrogen and oxygen atoms in total. The Morgan fingerprint density at radius 3 is 2.08 bits per heavy atom. The molecule has 1 atom stereocenters. The first-order chi connectivity index (χ1) is 5.25. The molecule has 0 saturated heterocycles. The van der Waals surface area contributed by atoms with Gasteiger partial charge in [0.2, 0.25) is 5.91 Å². The minimum Gasteiger partial charge on any atom is -0.346 e. The number of hydrogen-bond acceptors (Lipinski definition) is 1. The third-order valence-corrected chi connectivity index (χ3v) is 2.56. The van der Waals surface area contributed by atoms with E-state index < -0.39 is 0 Å². The molecular formula is C10H21NO. The molecule has 0 aliphatic carbocycles. The van der Waals surface area contributed by atoms with Crippen molar-refractivity contribution in [2.45, 2.75) is 34.6 Å². The molecular weight excluding hydrogens is 150 g/mol. The molecule has 0 aromatic rings. The average molecular weight is 171 g/mol. The van der Waals surface area contributed by atoms with E-state index in [9.17, 15) is 4.79 Å². The number of nitrogens with zero attached hydrogens (tertiary/aromatic N) is 1. The molecule has 1 amide bonds. The van der Waals surface area contributed by atoms with Crippen molar-refractivity contribution < 1.29 is 4.79 Å². The average Bonchev–Trinajstić information content (AvgIpc) is 1.85. The van der Waals surface area contributed by atoms with Crippen LogP contribution in [0.25, 0.3) is 0 Å². The summed E-state index contributed by atoms with van der Waals surface area (Å²) in [6, 6.07) is 0. The quantitative estimate of drug-likeness (QED) is 0.623. The lowest BCUT2D eigenvalue weighted by molar-refractivity contribution is -0.128. The molecule has 0 fully saturated rings. The van der Waals surface area contributed by atoms with Crippen molar-refractivity contribution in [3.8, 4) is 0 Å². The minimum absolute atomic E-state index is 0.145. The van der Waals surface area contributed by atoms with Gasteiger partial charge in [0, 0.05) is 20.5 Å². The standard InChI is InChI=1S/C10H21NO/c1-8(10(3,4)5)7-11(6)9(2)12/h8H,7H2,1-6H3. The van der Waals surface area contributed by atoms with Crippen LogP contribution in [0.3, 0.4) is 0 Å². The fraction of sp³-hybridized carbons (Fsp3) is 0.900. The van der Waals surface area contributed by atoms with Crippen LogP contribution in [0.1, 0.15) is 34.6 Å². The zero-order chi connectivity index (χ0) is 9.94. The summed E-state index contributed by atoms with van der Waals surface area (Å²) in [6.07, 6.45) is 0. The molecule has 0 aliphatic rings. The van der Waals surface area contributed by atoms with Crippen LogP contribution >= 0.6 is 0 Å². The number of carbonyl (C=O) groups excluding carboxylic acids is 1. The third-order valence-electron chi connectivity index (χ3n) is 2.56. The van der Waals surface area contributed by atoms with Gasteiger partial charge in [0.15, 0.2) is 0 Å². The lowest BCUT2D eigenvalue weighted by Crippen LogP contribution is -2.34. The van der Waals surface area contributed by atoms with Gasteiger partial charge in [-0.2, -0.15) is 0 Å². The van der Waals surface area contributed by atoms with Gasteiger partial charge < -0.3 is 4.90 Å². The molecule has 0 aliphatic heterocycles. The maximum absolute atomic E-state index is 10.9. The highest BCUT2D eigenvalue weighted by molar-refractivity contribution is 5.72. The summed E-state index contributed by atoms with van der Waals surface area (Å²) in [5.74, 6) is 0.678. The summed E-state index contributed by atoms with van der Waals surface area (Å²) in [6.45, 7) is 11.2. The molecule has 0 heterocycles. The lowest BCUT2D eigenvalue weighted by atomic mass is 9.82. The van der Waals surface area contributed by atoms with E-state index in [1.54, 1.807) is 11.8 Å². The molecule has 12 heavy (non-hydrogen) atoms. The first-order valence-electron chi connectivity index (χ1n) is 4.47. The second-order valence-corrected chi connectivity index (χ2v) is 4.67. The summed E-state index contributed by atoms with van der Waals surface area (Å²) in [5, 5.41) is 0. The highest BCUT2D eigenvalue weighted by Crippen LogP contribution is 2.25. The van der Waals surface area contributed by atoms with E-state index in [2.05, 4.69) is 27.7 Å². The molecule has 72 valence electrons. The fourth-order valence-corrected chi connectivity index (χ4v) is 0.813. The van der Waals surface area contributed by atoms with E-state index >= 15 is 0 Å². The van der Waals surface area contributed by atoms with E-state index in [1.807, 2.05) is 7.05 Å². The molecule has 0 N–H and O–H groups in total. The van der Waals surface area contributed by atoms with E-state index in [1.165, 1.54) is 0 Å². The van der Waals surface area contributed by atoms with Crippen molar-refractivity contribution in [3.63, 3.8) is 0 Å². The monoisotopic (exact) mass is 171 g/mol. The Bertz CT molecular complexity index is 158. The smallest absolute Gasteiger partial charge is 0.219 e. The van der Waals surface area contributed by atoms with Crippen LogP contribution in [0.15, 0.2) is 0 Å². The normalized spacial score (nSPS) is 14.2. The summed E-state index contributed by atoms with van der Waals surface area (Å²) >= 11 is 0. The minimum atomic E-state index is 0.145. The molecule has 2 heteroatoms. The first-order valence-corrected chi connectivity index (χ1v) is 4.47. The highest BCUT2D eigenvalue weighted by Gasteiger charge is 2.21. The summed E-state index contributed by atoms with van der Waals surface area (Å²) in [5.41, 5.74) is 0.281. The Morgan fingerprint density at radius 2 is 1.83 bits per heavy atom. The van der Waals surface area contributed by atoms with Crippen molar-refractivity contribution in [3.05, 3.63) is 0 Å². The van der Waals surface area contributed by atoms with Crippen LogP contribution in [0.4, 0.5) is 0 Å². The number of hydrogen-bond donors (Lipinski definition) is 0. The summed E-state index contributed by atoms with van der Waals surface area (Å²) < 4.78 is 0. The topological polar surface area (TPSA) is 20.3 Å². The predicted octanol–water partition coefficient (Wildman–Crippen LogP) is 2.15. The van der Waals surface area contributed by atoms with Crippen LogP contribution in [0.2, 0.25) is 0 Å². The number of rotatable bonds is 2. The number of amides is 1. The Labute approximate surface area is 75.9 Å². The zero-order valence-electron chi connectivity index (χ0n) is 9.14. The Hall–Kier alpha value is -0.530. The maximum Gasteiger partial charge on any atom is 0.219 e. The number of carbonyl (C=O) groups is 1. The van der Waals surface area contributed by atoms with Crippen LogP contribution in [0.5, 0.6) is 0 Å². The first kappa shape index (κ1) is 11.5. The molecule has 0 saturated carbocycles. The largest absolute Gasteiger partial charge is 0.346 e. The van der Waals surface area contributed by atoms with Gasteiger partial charge in [0.1, 0.15) is 0 Å². The van der Waals surface area contributed by atoms with Crippen LogP contribution in [-0.4, -0.2) is 24.4 Å². The van der Waals surface area contributed by atoms with E-state index in [4.69, 9.17) is 0 Å². The predicted molar refractivity (Wildman–Crippen MR) is 51.9 cm³/mol. The van der Waals surface area contributed by atoms with Gasteiger partial charge in [-0.15, -0.1) is 0 Å². The maximum atomic E-state index is 10.9. The second kappa shape index (κ2) is 3.92. The molecule has 1 unspecified atom stereocenters. The molecule has 0 aromatic carbocycles. The Balaban J connectivity index is 4.01. The van der Waals surface area contributed by atoms with Gasteiger partial charge in [-0.1, -0.05) is 27.7 Å². The van der Waals surface area contributed by atoms with Crippen molar-refractivity contribution in [1.29, 1.82) is 0 Å². The Kier molecular flexibility index (Phi) is 3.75. The van der Waals surface area contributed by atoms with Crippen LogP contribution < -0.4 is 0 Å². The van der Waals surface area contributed by atoms with E-state index in [0.717, 1.165) is 6.54 Å². The molecule has 0 aromatic heterocycles. The molecule has 0 bridgehead atoms. The van der Waals surface area contributed by atoms with Gasteiger partial charge in [-0.3, -0.25) is 4.79 Å². The third kappa shape index (κ3) is 3.74. The van der Waals surface area contributed by atoms with Gasteiger partial charge in [0.05, 0.1) is 0 Å². The lowest BCUT2D eigenvalue weighted by Gasteiger charge is -2.30. The second-order valence-electron chi connectivity index (χ2n) is 4.67. The summed E-state index contributed by atoms with van der Waals surface area (Å²) in [7, 11) is 1.85. The van der Waals surface area contributed by atoms with E-state index in [0.29, 0.717) is 5.92 Å². The van der Waals surface area contributed by atoms with Crippen LogP contribution in [-0.2, 0) is 4.79 Å². The summed E-state index contributed by atoms with van der Waals surface area (Å²) in [4.78, 5) is 12.7. The molecule has 0 spiro atoms. The SMILES string of the molecule is CC(=O)N(C)CC(C)C(C)(C)C. The van der Waals surface area contributed by atoms with Gasteiger partial charge in [-0.05, 0) is 11.3 Å². The highest BCUT2D eigenvalue weighted by atomic mass is 16.2. The van der Waals surface area contributed by atoms with E-state index in [-0.39, 0.29) is 11.3 Å². The van der Waals surface area contributed by atoms with Crippen molar-refractivity contribution >= 4 is 5.91 Å². The van der Waals surface area contributed by atoms with Crippen molar-refractivity contribution in [1.82, 2.24) is 4.90 Å². The van der Waals surface area contributed by atoms with Crippen LogP contribution in [0, 0.1) is 11.3 Å².